The minimum absolute atomic E-state index is 0.133. The van der Waals surface area contributed by atoms with E-state index in [4.69, 9.17) is 5.73 Å². The Hall–Kier alpha value is -1.77. The van der Waals surface area contributed by atoms with Crippen LogP contribution in [0, 0.1) is 23.7 Å². The number of aliphatic imine (C=N–C) groups is 1. The number of allylic oxidation sites excluding steroid dienone is 2. The van der Waals surface area contributed by atoms with Crippen molar-refractivity contribution in [3.05, 3.63) is 29.8 Å². The van der Waals surface area contributed by atoms with Crippen LogP contribution in [0.5, 0.6) is 5.75 Å². The number of nitrogen functional groups attached to an aromatic ring is 1. The summed E-state index contributed by atoms with van der Waals surface area (Å²) in [6, 6.07) is 3.70. The molecule has 28 heavy (non-hydrogen) atoms. The molecule has 2 aliphatic carbocycles. The maximum Gasteiger partial charge on any atom is 0.140 e. The van der Waals surface area contributed by atoms with Crippen molar-refractivity contribution in [1.82, 2.24) is 0 Å². The summed E-state index contributed by atoms with van der Waals surface area (Å²) in [4.78, 5) is 4.41. The first kappa shape index (κ1) is 21.0. The molecule has 0 spiro atoms. The molecule has 1 aromatic carbocycles. The van der Waals surface area contributed by atoms with Crippen LogP contribution in [-0.4, -0.2) is 11.3 Å². The van der Waals surface area contributed by atoms with Gasteiger partial charge in [0.2, 0.25) is 0 Å². The third-order valence-corrected chi connectivity index (χ3v) is 7.20. The highest BCUT2D eigenvalue weighted by Crippen LogP contribution is 2.43. The molecule has 0 amide bonds. The number of nitrogens with zero attached hydrogens (tertiary/aromatic N) is 1. The van der Waals surface area contributed by atoms with Crippen LogP contribution in [0.25, 0.3) is 0 Å². The van der Waals surface area contributed by atoms with Crippen molar-refractivity contribution < 1.29 is 5.11 Å². The van der Waals surface area contributed by atoms with Gasteiger partial charge in [-0.2, -0.15) is 0 Å². The fourth-order valence-electron chi connectivity index (χ4n) is 5.51. The van der Waals surface area contributed by atoms with Gasteiger partial charge in [-0.3, -0.25) is 4.99 Å². The predicted octanol–water partition coefficient (Wildman–Crippen LogP) is 6.82. The molecule has 0 aliphatic heterocycles. The van der Waals surface area contributed by atoms with E-state index >= 15 is 0 Å². The lowest BCUT2D eigenvalue weighted by molar-refractivity contribution is 0.152. The topological polar surface area (TPSA) is 58.6 Å². The standard InChI is InChI=1S/C25H38N2O/c1-3-5-18-6-11-20(12-7-18)21-13-8-19(9-14-21)10-15-22-16-17-23(28)24(26)25(22)27-4-2/h3-5,16-21,28H,6-15,26H2,1-2H3/b5-3+,27-4?. The fourth-order valence-corrected chi connectivity index (χ4v) is 5.51. The average Bonchev–Trinajstić information content (AvgIpc) is 2.72. The second-order valence-corrected chi connectivity index (χ2v) is 8.91. The number of hydrogen-bond donors (Lipinski definition) is 2. The van der Waals surface area contributed by atoms with Crippen molar-refractivity contribution in [2.45, 2.75) is 78.1 Å². The quantitative estimate of drug-likeness (QED) is 0.245. The summed E-state index contributed by atoms with van der Waals surface area (Å²) in [5, 5.41) is 9.86. The molecule has 1 aromatic rings. The van der Waals surface area contributed by atoms with Crippen LogP contribution in [0.2, 0.25) is 0 Å². The van der Waals surface area contributed by atoms with Gasteiger partial charge in [0.25, 0.3) is 0 Å². The van der Waals surface area contributed by atoms with Crippen LogP contribution in [-0.2, 0) is 6.42 Å². The first-order valence-electron chi connectivity index (χ1n) is 11.3. The zero-order chi connectivity index (χ0) is 19.9. The Bertz CT molecular complexity index is 678. The Morgan fingerprint density at radius 2 is 1.64 bits per heavy atom. The molecule has 0 radical (unpaired) electrons. The van der Waals surface area contributed by atoms with E-state index in [1.807, 2.05) is 13.0 Å². The van der Waals surface area contributed by atoms with Crippen molar-refractivity contribution in [2.24, 2.45) is 28.7 Å². The molecule has 154 valence electrons. The van der Waals surface area contributed by atoms with Crippen molar-refractivity contribution in [3.8, 4) is 5.75 Å². The largest absolute Gasteiger partial charge is 0.506 e. The predicted molar refractivity (Wildman–Crippen MR) is 120 cm³/mol. The number of rotatable bonds is 6. The highest BCUT2D eigenvalue weighted by Gasteiger charge is 2.30. The van der Waals surface area contributed by atoms with Crippen LogP contribution < -0.4 is 5.73 Å². The number of anilines is 1. The van der Waals surface area contributed by atoms with E-state index in [0.717, 1.165) is 41.3 Å². The lowest BCUT2D eigenvalue weighted by Gasteiger charge is -2.37. The lowest BCUT2D eigenvalue weighted by Crippen LogP contribution is -2.25. The Labute approximate surface area is 171 Å². The number of phenolic OH excluding ortho intramolecular Hbond substituents is 1. The van der Waals surface area contributed by atoms with E-state index in [1.54, 1.807) is 12.3 Å². The number of hydrogen-bond acceptors (Lipinski definition) is 3. The molecule has 0 heterocycles. The summed E-state index contributed by atoms with van der Waals surface area (Å²) in [7, 11) is 0. The summed E-state index contributed by atoms with van der Waals surface area (Å²) < 4.78 is 0. The molecule has 2 fully saturated rings. The van der Waals surface area contributed by atoms with E-state index in [9.17, 15) is 5.11 Å². The number of phenols is 1. The number of aromatic hydroxyl groups is 1. The molecule has 2 saturated carbocycles. The van der Waals surface area contributed by atoms with Crippen molar-refractivity contribution in [2.75, 3.05) is 5.73 Å². The monoisotopic (exact) mass is 382 g/mol. The number of aryl methyl sites for hydroxylation is 1. The highest BCUT2D eigenvalue weighted by atomic mass is 16.3. The summed E-state index contributed by atoms with van der Waals surface area (Å²) in [5.74, 6) is 3.74. The summed E-state index contributed by atoms with van der Waals surface area (Å²) >= 11 is 0. The fraction of sp³-hybridized carbons (Fsp3) is 0.640. The molecule has 3 nitrogen and oxygen atoms in total. The zero-order valence-electron chi connectivity index (χ0n) is 17.7. The average molecular weight is 383 g/mol. The van der Waals surface area contributed by atoms with Gasteiger partial charge in [0.05, 0.1) is 5.69 Å². The Kier molecular flexibility index (Phi) is 7.58. The van der Waals surface area contributed by atoms with Gasteiger partial charge in [-0.05, 0) is 101 Å². The van der Waals surface area contributed by atoms with Crippen LogP contribution in [0.3, 0.4) is 0 Å². The maximum atomic E-state index is 9.86. The van der Waals surface area contributed by atoms with E-state index in [0.29, 0.717) is 5.69 Å². The van der Waals surface area contributed by atoms with Crippen LogP contribution in [0.1, 0.15) is 77.2 Å². The second kappa shape index (κ2) is 10.1. The van der Waals surface area contributed by atoms with Crippen LogP contribution in [0.4, 0.5) is 11.4 Å². The van der Waals surface area contributed by atoms with Gasteiger partial charge < -0.3 is 10.8 Å². The molecule has 3 rings (SSSR count). The molecular formula is C25H38N2O. The van der Waals surface area contributed by atoms with Gasteiger partial charge in [-0.25, -0.2) is 0 Å². The Balaban J connectivity index is 1.47. The first-order chi connectivity index (χ1) is 13.6. The minimum atomic E-state index is 0.133. The van der Waals surface area contributed by atoms with Crippen LogP contribution in [0.15, 0.2) is 29.3 Å². The van der Waals surface area contributed by atoms with Gasteiger partial charge in [-0.15, -0.1) is 0 Å². The Morgan fingerprint density at radius 3 is 2.25 bits per heavy atom. The molecular weight excluding hydrogens is 344 g/mol. The normalized spacial score (nSPS) is 28.9. The van der Waals surface area contributed by atoms with Gasteiger partial charge in [0, 0.05) is 6.21 Å². The summed E-state index contributed by atoms with van der Waals surface area (Å²) in [5.41, 5.74) is 8.37. The third-order valence-electron chi connectivity index (χ3n) is 7.20. The lowest BCUT2D eigenvalue weighted by atomic mass is 9.68. The molecule has 0 atom stereocenters. The first-order valence-corrected chi connectivity index (χ1v) is 11.3. The highest BCUT2D eigenvalue weighted by molar-refractivity contribution is 5.77. The number of nitrogens with two attached hydrogens (primary N) is 1. The smallest absolute Gasteiger partial charge is 0.140 e. The maximum absolute atomic E-state index is 9.86. The molecule has 0 bridgehead atoms. The minimum Gasteiger partial charge on any atom is -0.506 e. The molecule has 0 saturated heterocycles. The van der Waals surface area contributed by atoms with Gasteiger partial charge in [0.15, 0.2) is 0 Å². The van der Waals surface area contributed by atoms with Gasteiger partial charge >= 0.3 is 0 Å². The molecule has 3 N–H and O–H groups in total. The second-order valence-electron chi connectivity index (χ2n) is 8.91. The van der Waals surface area contributed by atoms with Gasteiger partial charge in [-0.1, -0.05) is 31.1 Å². The summed E-state index contributed by atoms with van der Waals surface area (Å²) in [6.07, 6.45) is 19.9. The van der Waals surface area contributed by atoms with Crippen molar-refractivity contribution in [3.63, 3.8) is 0 Å². The van der Waals surface area contributed by atoms with E-state index in [1.165, 1.54) is 57.8 Å². The summed E-state index contributed by atoms with van der Waals surface area (Å²) in [6.45, 7) is 4.04. The molecule has 0 unspecified atom stereocenters. The third kappa shape index (κ3) is 5.18. The van der Waals surface area contributed by atoms with Crippen molar-refractivity contribution in [1.29, 1.82) is 0 Å². The van der Waals surface area contributed by atoms with Gasteiger partial charge in [0.1, 0.15) is 11.4 Å². The molecule has 2 aliphatic rings. The molecule has 0 aromatic heterocycles. The number of benzene rings is 1. The molecule has 3 heteroatoms. The van der Waals surface area contributed by atoms with Crippen LogP contribution >= 0.6 is 0 Å². The van der Waals surface area contributed by atoms with E-state index in [-0.39, 0.29) is 5.75 Å². The van der Waals surface area contributed by atoms with Crippen molar-refractivity contribution >= 4 is 17.6 Å². The van der Waals surface area contributed by atoms with E-state index in [2.05, 4.69) is 24.1 Å². The Morgan fingerprint density at radius 1 is 1.00 bits per heavy atom. The SMILES string of the molecule is CC=Nc1c(CCC2CCC(C3CCC(/C=C/C)CC3)CC2)ccc(O)c1N. The zero-order valence-corrected chi connectivity index (χ0v) is 17.7. The van der Waals surface area contributed by atoms with E-state index < -0.39 is 0 Å².